The molecule has 8 heteroatoms. The summed E-state index contributed by atoms with van der Waals surface area (Å²) in [5.41, 5.74) is 1.33. The van der Waals surface area contributed by atoms with Crippen molar-refractivity contribution in [3.05, 3.63) is 65.9 Å². The van der Waals surface area contributed by atoms with Crippen LogP contribution in [0.3, 0.4) is 0 Å². The molecule has 0 atom stereocenters. The van der Waals surface area contributed by atoms with Crippen molar-refractivity contribution in [2.24, 2.45) is 0 Å². The van der Waals surface area contributed by atoms with Crippen LogP contribution in [0.4, 0.5) is 26.2 Å². The minimum atomic E-state index is -0.942. The van der Waals surface area contributed by atoms with Gasteiger partial charge in [-0.25, -0.2) is 13.8 Å². The number of methoxy groups -OCH3 is 2. The molecule has 0 bridgehead atoms. The normalized spacial score (nSPS) is 10.4. The second kappa shape index (κ2) is 8.31. The lowest BCUT2D eigenvalue weighted by molar-refractivity contribution is 0.354. The Morgan fingerprint density at radius 1 is 0.926 bits per heavy atom. The molecule has 0 radical (unpaired) electrons. The molecular weight excluding hydrogens is 354 g/mol. The molecule has 0 aliphatic rings. The Labute approximate surface area is 155 Å². The largest absolute Gasteiger partial charge is 0.493 e. The van der Waals surface area contributed by atoms with Gasteiger partial charge in [0.25, 0.3) is 0 Å². The number of ether oxygens (including phenoxy) is 2. The molecule has 6 nitrogen and oxygen atoms in total. The molecule has 140 valence electrons. The number of benzene rings is 2. The molecule has 1 aromatic heterocycles. The maximum Gasteiger partial charge on any atom is 0.229 e. The van der Waals surface area contributed by atoms with Gasteiger partial charge in [-0.15, -0.1) is 0 Å². The van der Waals surface area contributed by atoms with E-state index < -0.39 is 11.6 Å². The van der Waals surface area contributed by atoms with Crippen LogP contribution in [0.5, 0.6) is 11.5 Å². The van der Waals surface area contributed by atoms with Crippen molar-refractivity contribution in [1.29, 1.82) is 0 Å². The Bertz CT molecular complexity index is 937. The predicted molar refractivity (Wildman–Crippen MR) is 98.5 cm³/mol. The Morgan fingerprint density at radius 3 is 2.48 bits per heavy atom. The maximum atomic E-state index is 13.3. The number of hydrogen-bond donors (Lipinski definition) is 2. The third-order valence-electron chi connectivity index (χ3n) is 3.75. The number of halogens is 2. The summed E-state index contributed by atoms with van der Waals surface area (Å²) in [6, 6.07) is 10.8. The number of aromatic nitrogens is 2. The zero-order valence-corrected chi connectivity index (χ0v) is 14.8. The second-order valence-electron chi connectivity index (χ2n) is 5.56. The van der Waals surface area contributed by atoms with E-state index in [1.54, 1.807) is 26.5 Å². The van der Waals surface area contributed by atoms with E-state index in [1.807, 2.05) is 18.2 Å². The summed E-state index contributed by atoms with van der Waals surface area (Å²) in [5.74, 6) is 0.277. The summed E-state index contributed by atoms with van der Waals surface area (Å²) in [5, 5.41) is 6.01. The topological polar surface area (TPSA) is 68.3 Å². The van der Waals surface area contributed by atoms with E-state index in [4.69, 9.17) is 9.47 Å². The smallest absolute Gasteiger partial charge is 0.229 e. The van der Waals surface area contributed by atoms with Crippen molar-refractivity contribution in [1.82, 2.24) is 9.97 Å². The molecule has 0 saturated heterocycles. The van der Waals surface area contributed by atoms with Crippen molar-refractivity contribution < 1.29 is 18.3 Å². The minimum Gasteiger partial charge on any atom is -0.493 e. The van der Waals surface area contributed by atoms with Crippen LogP contribution in [0.2, 0.25) is 0 Å². The van der Waals surface area contributed by atoms with Gasteiger partial charge in [0.05, 0.1) is 14.2 Å². The first kappa shape index (κ1) is 18.4. The van der Waals surface area contributed by atoms with Crippen LogP contribution in [0.25, 0.3) is 0 Å². The fraction of sp³-hybridized carbons (Fsp3) is 0.158. The van der Waals surface area contributed by atoms with Gasteiger partial charge in [-0.05, 0) is 35.9 Å². The highest BCUT2D eigenvalue weighted by molar-refractivity contribution is 5.54. The molecular formula is C19H18F2N4O2. The third-order valence-corrected chi connectivity index (χ3v) is 3.75. The summed E-state index contributed by atoms with van der Waals surface area (Å²) >= 11 is 0. The first-order valence-corrected chi connectivity index (χ1v) is 8.09. The van der Waals surface area contributed by atoms with E-state index in [0.717, 1.165) is 17.7 Å². The summed E-state index contributed by atoms with van der Waals surface area (Å²) in [6.45, 7) is 0.502. The Balaban J connectivity index is 1.68. The summed E-state index contributed by atoms with van der Waals surface area (Å²) < 4.78 is 36.8. The molecule has 27 heavy (non-hydrogen) atoms. The van der Waals surface area contributed by atoms with E-state index in [1.165, 1.54) is 6.07 Å². The molecule has 0 unspecified atom stereocenters. The lowest BCUT2D eigenvalue weighted by Crippen LogP contribution is -2.05. The quantitative estimate of drug-likeness (QED) is 0.650. The molecule has 1 heterocycles. The molecule has 0 amide bonds. The molecule has 0 fully saturated rings. The molecule has 0 aliphatic heterocycles. The van der Waals surface area contributed by atoms with E-state index in [-0.39, 0.29) is 5.95 Å². The van der Waals surface area contributed by atoms with E-state index >= 15 is 0 Å². The first-order valence-electron chi connectivity index (χ1n) is 8.09. The molecule has 2 N–H and O–H groups in total. The van der Waals surface area contributed by atoms with Crippen LogP contribution in [-0.2, 0) is 6.54 Å². The predicted octanol–water partition coefficient (Wildman–Crippen LogP) is 4.13. The third kappa shape index (κ3) is 4.60. The zero-order valence-electron chi connectivity index (χ0n) is 14.8. The second-order valence-corrected chi connectivity index (χ2v) is 5.56. The Morgan fingerprint density at radius 2 is 1.74 bits per heavy atom. The van der Waals surface area contributed by atoms with Gasteiger partial charge in [0.2, 0.25) is 5.95 Å². The van der Waals surface area contributed by atoms with Gasteiger partial charge in [-0.2, -0.15) is 4.98 Å². The number of hydrogen-bond acceptors (Lipinski definition) is 6. The van der Waals surface area contributed by atoms with Crippen LogP contribution >= 0.6 is 0 Å². The summed E-state index contributed by atoms with van der Waals surface area (Å²) in [6.07, 6.45) is 1.56. The van der Waals surface area contributed by atoms with Gasteiger partial charge in [-0.3, -0.25) is 0 Å². The van der Waals surface area contributed by atoms with E-state index in [9.17, 15) is 8.78 Å². The van der Waals surface area contributed by atoms with E-state index in [0.29, 0.717) is 29.5 Å². The summed E-state index contributed by atoms with van der Waals surface area (Å²) in [4.78, 5) is 8.38. The highest BCUT2D eigenvalue weighted by Crippen LogP contribution is 2.27. The lowest BCUT2D eigenvalue weighted by Gasteiger charge is -2.11. The zero-order chi connectivity index (χ0) is 19.2. The highest BCUT2D eigenvalue weighted by atomic mass is 19.2. The monoisotopic (exact) mass is 372 g/mol. The van der Waals surface area contributed by atoms with Crippen molar-refractivity contribution in [2.45, 2.75) is 6.54 Å². The van der Waals surface area contributed by atoms with Gasteiger partial charge >= 0.3 is 0 Å². The first-order chi connectivity index (χ1) is 13.1. The average molecular weight is 372 g/mol. The van der Waals surface area contributed by atoms with Crippen LogP contribution < -0.4 is 20.1 Å². The molecule has 0 saturated carbocycles. The summed E-state index contributed by atoms with van der Waals surface area (Å²) in [7, 11) is 3.16. The van der Waals surface area contributed by atoms with Crippen LogP contribution in [0, 0.1) is 11.6 Å². The standard InChI is InChI=1S/C19H18F2N4O2/c1-26-16-6-3-12(9-17(16)27-2)11-23-18-7-8-22-19(25-18)24-13-4-5-14(20)15(21)10-13/h3-10H,11H2,1-2H3,(H2,22,23,24,25). The SMILES string of the molecule is COc1ccc(CNc2ccnc(Nc3ccc(F)c(F)c3)n2)cc1OC. The Kier molecular flexibility index (Phi) is 5.65. The van der Waals surface area contributed by atoms with Gasteiger partial charge in [0, 0.05) is 24.5 Å². The highest BCUT2D eigenvalue weighted by Gasteiger charge is 2.07. The van der Waals surface area contributed by atoms with Crippen molar-refractivity contribution >= 4 is 17.5 Å². The lowest BCUT2D eigenvalue weighted by atomic mass is 10.2. The van der Waals surface area contributed by atoms with Gasteiger partial charge < -0.3 is 20.1 Å². The number of nitrogens with zero attached hydrogens (tertiary/aromatic N) is 2. The molecule has 3 rings (SSSR count). The molecule has 0 spiro atoms. The number of anilines is 3. The molecule has 0 aliphatic carbocycles. The molecule has 3 aromatic rings. The van der Waals surface area contributed by atoms with Gasteiger partial charge in [-0.1, -0.05) is 6.07 Å². The van der Waals surface area contributed by atoms with Crippen LogP contribution in [-0.4, -0.2) is 24.2 Å². The average Bonchev–Trinajstić information content (AvgIpc) is 2.69. The van der Waals surface area contributed by atoms with Gasteiger partial charge in [0.15, 0.2) is 23.1 Å². The van der Waals surface area contributed by atoms with Gasteiger partial charge in [0.1, 0.15) is 5.82 Å². The number of nitrogens with one attached hydrogen (secondary N) is 2. The fourth-order valence-corrected chi connectivity index (χ4v) is 2.40. The van der Waals surface area contributed by atoms with Crippen LogP contribution in [0.1, 0.15) is 5.56 Å². The van der Waals surface area contributed by atoms with Crippen molar-refractivity contribution in [2.75, 3.05) is 24.9 Å². The number of rotatable bonds is 7. The Hall–Kier alpha value is -3.42. The van der Waals surface area contributed by atoms with Crippen molar-refractivity contribution in [3.63, 3.8) is 0 Å². The molecule has 2 aromatic carbocycles. The maximum absolute atomic E-state index is 13.3. The van der Waals surface area contributed by atoms with Crippen LogP contribution in [0.15, 0.2) is 48.7 Å². The van der Waals surface area contributed by atoms with E-state index in [2.05, 4.69) is 20.6 Å². The fourth-order valence-electron chi connectivity index (χ4n) is 2.40. The van der Waals surface area contributed by atoms with Crippen molar-refractivity contribution in [3.8, 4) is 11.5 Å². The minimum absolute atomic E-state index is 0.262.